The third-order valence-corrected chi connectivity index (χ3v) is 6.45. The molecule has 2 N–H and O–H groups in total. The first kappa shape index (κ1) is 20.4. The summed E-state index contributed by atoms with van der Waals surface area (Å²) in [6.45, 7) is 7.86. The molecule has 2 fully saturated rings. The van der Waals surface area contributed by atoms with E-state index in [1.807, 2.05) is 19.2 Å². The summed E-state index contributed by atoms with van der Waals surface area (Å²) in [6.07, 6.45) is 4.49. The van der Waals surface area contributed by atoms with Crippen LogP contribution in [0.3, 0.4) is 0 Å². The van der Waals surface area contributed by atoms with E-state index in [1.54, 1.807) is 0 Å². The predicted octanol–water partition coefficient (Wildman–Crippen LogP) is 3.04. The monoisotopic (exact) mass is 392 g/mol. The van der Waals surface area contributed by atoms with Crippen LogP contribution in [0.2, 0.25) is 5.02 Å². The molecule has 0 saturated carbocycles. The predicted molar refractivity (Wildman–Crippen MR) is 113 cm³/mol. The van der Waals surface area contributed by atoms with Crippen LogP contribution in [-0.4, -0.2) is 63.3 Å². The van der Waals surface area contributed by atoms with Crippen molar-refractivity contribution in [1.29, 1.82) is 0 Å². The molecule has 2 saturated heterocycles. The normalized spacial score (nSPS) is 23.4. The maximum atomic E-state index is 6.56. The number of likely N-dealkylation sites (N-methyl/N-ethyl adjacent to an activating group) is 1. The zero-order chi connectivity index (χ0) is 19.1. The second-order valence-corrected chi connectivity index (χ2v) is 8.01. The number of nitrogens with zero attached hydrogens (tertiary/aromatic N) is 2. The van der Waals surface area contributed by atoms with E-state index in [-0.39, 0.29) is 5.41 Å². The van der Waals surface area contributed by atoms with Crippen molar-refractivity contribution in [1.82, 2.24) is 15.5 Å². The molecule has 2 heterocycles. The van der Waals surface area contributed by atoms with Gasteiger partial charge in [0.25, 0.3) is 0 Å². The first-order valence-corrected chi connectivity index (χ1v) is 10.6. The smallest absolute Gasteiger partial charge is 0.191 e. The van der Waals surface area contributed by atoms with Crippen LogP contribution in [0.1, 0.15) is 38.2 Å². The highest BCUT2D eigenvalue weighted by atomic mass is 35.5. The van der Waals surface area contributed by atoms with Gasteiger partial charge in [0.1, 0.15) is 0 Å². The number of aliphatic imine (C=N–C) groups is 1. The number of rotatable bonds is 6. The summed E-state index contributed by atoms with van der Waals surface area (Å²) in [4.78, 5) is 6.99. The molecule has 0 amide bonds. The molecule has 6 heteroatoms. The number of benzene rings is 1. The summed E-state index contributed by atoms with van der Waals surface area (Å²) in [5.41, 5.74) is 1.20. The number of guanidine groups is 1. The number of halogens is 1. The SMILES string of the molecule is CCN1CCCC1CNC(=NC)NCC1(c2ccccc2Cl)CCOCC1. The molecule has 0 spiro atoms. The summed E-state index contributed by atoms with van der Waals surface area (Å²) < 4.78 is 5.64. The van der Waals surface area contributed by atoms with Crippen molar-refractivity contribution in [3.63, 3.8) is 0 Å². The Balaban J connectivity index is 1.63. The van der Waals surface area contributed by atoms with Gasteiger partial charge in [-0.25, -0.2) is 0 Å². The van der Waals surface area contributed by atoms with Gasteiger partial charge >= 0.3 is 0 Å². The van der Waals surface area contributed by atoms with E-state index in [4.69, 9.17) is 16.3 Å². The minimum Gasteiger partial charge on any atom is -0.381 e. The molecule has 0 aromatic heterocycles. The van der Waals surface area contributed by atoms with E-state index in [2.05, 4.69) is 39.6 Å². The zero-order valence-corrected chi connectivity index (χ0v) is 17.4. The number of hydrogen-bond acceptors (Lipinski definition) is 3. The molecular formula is C21H33ClN4O. The molecular weight excluding hydrogens is 360 g/mol. The average molecular weight is 393 g/mol. The van der Waals surface area contributed by atoms with Gasteiger partial charge in [0.2, 0.25) is 0 Å². The highest BCUT2D eigenvalue weighted by Crippen LogP contribution is 2.38. The van der Waals surface area contributed by atoms with E-state index >= 15 is 0 Å². The largest absolute Gasteiger partial charge is 0.381 e. The summed E-state index contributed by atoms with van der Waals surface area (Å²) in [6, 6.07) is 8.82. The third kappa shape index (κ3) is 4.95. The van der Waals surface area contributed by atoms with E-state index in [0.29, 0.717) is 6.04 Å². The molecule has 1 atom stereocenters. The second kappa shape index (κ2) is 9.76. The topological polar surface area (TPSA) is 48.9 Å². The standard InChI is InChI=1S/C21H33ClN4O/c1-3-26-12-6-7-17(26)15-24-20(23-2)25-16-21(10-13-27-14-11-21)18-8-4-5-9-19(18)22/h4-5,8-9,17H,3,6-7,10-16H2,1-2H3,(H2,23,24,25). The Kier molecular flexibility index (Phi) is 7.39. The number of ether oxygens (including phenoxy) is 1. The van der Waals surface area contributed by atoms with Crippen molar-refractivity contribution < 1.29 is 4.74 Å². The Morgan fingerprint density at radius 2 is 2.07 bits per heavy atom. The summed E-state index contributed by atoms with van der Waals surface area (Å²) in [7, 11) is 1.84. The summed E-state index contributed by atoms with van der Waals surface area (Å²) in [5, 5.41) is 7.94. The van der Waals surface area contributed by atoms with Gasteiger partial charge in [0, 0.05) is 49.8 Å². The Bertz CT molecular complexity index is 630. The van der Waals surface area contributed by atoms with Crippen molar-refractivity contribution in [2.45, 2.75) is 44.1 Å². The quantitative estimate of drug-likeness (QED) is 0.577. The molecule has 0 aliphatic carbocycles. The molecule has 1 unspecified atom stereocenters. The van der Waals surface area contributed by atoms with Crippen molar-refractivity contribution in [2.24, 2.45) is 4.99 Å². The second-order valence-electron chi connectivity index (χ2n) is 7.60. The van der Waals surface area contributed by atoms with E-state index < -0.39 is 0 Å². The van der Waals surface area contributed by atoms with Crippen molar-refractivity contribution >= 4 is 17.6 Å². The molecule has 1 aromatic rings. The lowest BCUT2D eigenvalue weighted by atomic mass is 9.74. The summed E-state index contributed by atoms with van der Waals surface area (Å²) in [5.74, 6) is 0.871. The average Bonchev–Trinajstić information content (AvgIpc) is 3.17. The number of hydrogen-bond donors (Lipinski definition) is 2. The molecule has 0 radical (unpaired) electrons. The van der Waals surface area contributed by atoms with Crippen LogP contribution in [0.5, 0.6) is 0 Å². The van der Waals surface area contributed by atoms with Gasteiger partial charge in [-0.3, -0.25) is 9.89 Å². The Hall–Kier alpha value is -1.30. The fraction of sp³-hybridized carbons (Fsp3) is 0.667. The van der Waals surface area contributed by atoms with Crippen molar-refractivity contribution in [3.8, 4) is 0 Å². The molecule has 3 rings (SSSR count). The van der Waals surface area contributed by atoms with Gasteiger partial charge < -0.3 is 15.4 Å². The van der Waals surface area contributed by atoms with Crippen LogP contribution in [0.15, 0.2) is 29.3 Å². The van der Waals surface area contributed by atoms with Crippen LogP contribution in [0.25, 0.3) is 0 Å². The van der Waals surface area contributed by atoms with E-state index in [9.17, 15) is 0 Å². The molecule has 2 aliphatic heterocycles. The van der Waals surface area contributed by atoms with Crippen LogP contribution >= 0.6 is 11.6 Å². The minimum atomic E-state index is -0.0168. The first-order valence-electron chi connectivity index (χ1n) is 10.2. The highest BCUT2D eigenvalue weighted by molar-refractivity contribution is 6.31. The lowest BCUT2D eigenvalue weighted by Gasteiger charge is -2.39. The highest BCUT2D eigenvalue weighted by Gasteiger charge is 2.36. The maximum absolute atomic E-state index is 6.56. The maximum Gasteiger partial charge on any atom is 0.191 e. The van der Waals surface area contributed by atoms with Crippen molar-refractivity contribution in [3.05, 3.63) is 34.9 Å². The Morgan fingerprint density at radius 1 is 1.30 bits per heavy atom. The van der Waals surface area contributed by atoms with Gasteiger partial charge in [0.15, 0.2) is 5.96 Å². The molecule has 0 bridgehead atoms. The van der Waals surface area contributed by atoms with Crippen LogP contribution in [0, 0.1) is 0 Å². The molecule has 150 valence electrons. The first-order chi connectivity index (χ1) is 13.2. The van der Waals surface area contributed by atoms with Gasteiger partial charge in [-0.2, -0.15) is 0 Å². The summed E-state index contributed by atoms with van der Waals surface area (Å²) >= 11 is 6.56. The fourth-order valence-electron chi connectivity index (χ4n) is 4.43. The Labute approximate surface area is 168 Å². The van der Waals surface area contributed by atoms with Crippen LogP contribution < -0.4 is 10.6 Å². The van der Waals surface area contributed by atoms with Crippen LogP contribution in [-0.2, 0) is 10.2 Å². The van der Waals surface area contributed by atoms with Crippen LogP contribution in [0.4, 0.5) is 0 Å². The number of nitrogens with one attached hydrogen (secondary N) is 2. The molecule has 1 aromatic carbocycles. The van der Waals surface area contributed by atoms with Gasteiger partial charge in [0.05, 0.1) is 0 Å². The third-order valence-electron chi connectivity index (χ3n) is 6.12. The minimum absolute atomic E-state index is 0.0168. The number of likely N-dealkylation sites (tertiary alicyclic amines) is 1. The van der Waals surface area contributed by atoms with Gasteiger partial charge in [-0.05, 0) is 50.4 Å². The van der Waals surface area contributed by atoms with E-state index in [0.717, 1.165) is 56.7 Å². The molecule has 5 nitrogen and oxygen atoms in total. The lowest BCUT2D eigenvalue weighted by Crippen LogP contribution is -2.50. The fourth-order valence-corrected chi connectivity index (χ4v) is 4.76. The molecule has 2 aliphatic rings. The Morgan fingerprint density at radius 3 is 2.78 bits per heavy atom. The van der Waals surface area contributed by atoms with Crippen molar-refractivity contribution in [2.75, 3.05) is 46.4 Å². The zero-order valence-electron chi connectivity index (χ0n) is 16.6. The van der Waals surface area contributed by atoms with Gasteiger partial charge in [-0.1, -0.05) is 36.7 Å². The van der Waals surface area contributed by atoms with Gasteiger partial charge in [-0.15, -0.1) is 0 Å². The lowest BCUT2D eigenvalue weighted by molar-refractivity contribution is 0.0514. The molecule has 27 heavy (non-hydrogen) atoms. The van der Waals surface area contributed by atoms with E-state index in [1.165, 1.54) is 24.9 Å².